The van der Waals surface area contributed by atoms with Crippen LogP contribution in [0, 0.1) is 6.92 Å². The summed E-state index contributed by atoms with van der Waals surface area (Å²) >= 11 is 0. The molecule has 0 bridgehead atoms. The van der Waals surface area contributed by atoms with E-state index in [1.807, 2.05) is 10.8 Å². The van der Waals surface area contributed by atoms with Crippen LogP contribution in [0.3, 0.4) is 0 Å². The molecule has 0 radical (unpaired) electrons. The molecule has 1 unspecified atom stereocenters. The lowest BCUT2D eigenvalue weighted by molar-refractivity contribution is -0.0414. The zero-order chi connectivity index (χ0) is 17.3. The highest BCUT2D eigenvalue weighted by molar-refractivity contribution is 5.40. The minimum absolute atomic E-state index is 0.572. The molecule has 1 aliphatic rings. The molecular formula is C18H22N6O. The van der Waals surface area contributed by atoms with E-state index in [0.717, 1.165) is 25.2 Å². The monoisotopic (exact) mass is 338 g/mol. The summed E-state index contributed by atoms with van der Waals surface area (Å²) in [6, 6.07) is 6.44. The highest BCUT2D eigenvalue weighted by Gasteiger charge is 2.37. The number of hydrogen-bond donors (Lipinski definition) is 2. The number of imidazole rings is 1. The average molecular weight is 338 g/mol. The molecule has 0 amide bonds. The highest BCUT2D eigenvalue weighted by atomic mass is 16.3. The van der Waals surface area contributed by atoms with Gasteiger partial charge in [-0.05, 0) is 49.6 Å². The Balaban J connectivity index is 1.50. The molecule has 1 fully saturated rings. The lowest BCUT2D eigenvalue weighted by atomic mass is 9.89. The lowest BCUT2D eigenvalue weighted by Crippen LogP contribution is -2.46. The van der Waals surface area contributed by atoms with Gasteiger partial charge in [0.05, 0.1) is 12.5 Å². The third kappa shape index (κ3) is 3.20. The van der Waals surface area contributed by atoms with E-state index in [2.05, 4.69) is 50.4 Å². The first-order chi connectivity index (χ1) is 12.1. The third-order valence-electron chi connectivity index (χ3n) is 4.96. The molecule has 4 rings (SSSR count). The second-order valence-corrected chi connectivity index (χ2v) is 6.78. The molecule has 1 aliphatic heterocycles. The van der Waals surface area contributed by atoms with Gasteiger partial charge in [-0.1, -0.05) is 6.07 Å². The van der Waals surface area contributed by atoms with E-state index in [-0.39, 0.29) is 0 Å². The summed E-state index contributed by atoms with van der Waals surface area (Å²) in [6.45, 7) is 4.49. The minimum Gasteiger partial charge on any atom is -0.382 e. The Hall–Kier alpha value is -2.51. The molecule has 3 heterocycles. The van der Waals surface area contributed by atoms with Crippen LogP contribution in [-0.2, 0) is 12.1 Å². The number of piperidine rings is 1. The quantitative estimate of drug-likeness (QED) is 0.758. The molecule has 1 aromatic carbocycles. The fourth-order valence-electron chi connectivity index (χ4n) is 3.56. The number of aryl methyl sites for hydroxylation is 1. The number of hydrogen-bond acceptors (Lipinski definition) is 5. The molecular weight excluding hydrogens is 316 g/mol. The largest absolute Gasteiger partial charge is 0.382 e. The Morgan fingerprint density at radius 2 is 2.28 bits per heavy atom. The van der Waals surface area contributed by atoms with Crippen LogP contribution in [0.15, 0.2) is 43.1 Å². The maximum Gasteiger partial charge on any atom is 0.123 e. The fourth-order valence-corrected chi connectivity index (χ4v) is 3.56. The number of nitrogens with one attached hydrogen (secondary N) is 1. The van der Waals surface area contributed by atoms with Crippen molar-refractivity contribution in [2.75, 3.05) is 13.1 Å². The topological polar surface area (TPSA) is 82.9 Å². The fraction of sp³-hybridized carbons (Fsp3) is 0.389. The van der Waals surface area contributed by atoms with Gasteiger partial charge >= 0.3 is 0 Å². The van der Waals surface area contributed by atoms with Crippen LogP contribution in [0.4, 0.5) is 0 Å². The SMILES string of the molecule is Cc1cc(-n2ccnc2)ccc1CN1CCCC(O)(c2cn[nH]n2)C1. The van der Waals surface area contributed by atoms with Crippen molar-refractivity contribution in [3.05, 3.63) is 59.9 Å². The first kappa shape index (κ1) is 16.0. The molecule has 7 heteroatoms. The van der Waals surface area contributed by atoms with Gasteiger partial charge in [0.25, 0.3) is 0 Å². The van der Waals surface area contributed by atoms with Crippen molar-refractivity contribution in [2.45, 2.75) is 31.9 Å². The number of aromatic nitrogens is 5. The Bertz CT molecular complexity index is 829. The van der Waals surface area contributed by atoms with Crippen molar-refractivity contribution in [1.29, 1.82) is 0 Å². The van der Waals surface area contributed by atoms with E-state index in [9.17, 15) is 5.11 Å². The molecule has 0 saturated carbocycles. The molecule has 25 heavy (non-hydrogen) atoms. The molecule has 130 valence electrons. The first-order valence-corrected chi connectivity index (χ1v) is 8.53. The number of nitrogens with zero attached hydrogens (tertiary/aromatic N) is 5. The van der Waals surface area contributed by atoms with Gasteiger partial charge in [-0.25, -0.2) is 4.98 Å². The van der Waals surface area contributed by atoms with Crippen LogP contribution >= 0.6 is 0 Å². The van der Waals surface area contributed by atoms with E-state index in [0.29, 0.717) is 18.7 Å². The minimum atomic E-state index is -0.921. The predicted molar refractivity (Wildman–Crippen MR) is 93.1 cm³/mol. The summed E-state index contributed by atoms with van der Waals surface area (Å²) in [5, 5.41) is 21.5. The van der Waals surface area contributed by atoms with Gasteiger partial charge < -0.3 is 9.67 Å². The number of rotatable bonds is 4. The van der Waals surface area contributed by atoms with Crippen molar-refractivity contribution in [3.63, 3.8) is 0 Å². The summed E-state index contributed by atoms with van der Waals surface area (Å²) < 4.78 is 2.00. The summed E-state index contributed by atoms with van der Waals surface area (Å²) in [4.78, 5) is 6.39. The van der Waals surface area contributed by atoms with Crippen LogP contribution in [0.5, 0.6) is 0 Å². The summed E-state index contributed by atoms with van der Waals surface area (Å²) in [5.41, 5.74) is 3.33. The molecule has 3 aromatic rings. The van der Waals surface area contributed by atoms with Gasteiger partial charge in [0.1, 0.15) is 11.3 Å². The molecule has 1 saturated heterocycles. The van der Waals surface area contributed by atoms with Crippen LogP contribution in [0.25, 0.3) is 5.69 Å². The van der Waals surface area contributed by atoms with E-state index >= 15 is 0 Å². The molecule has 2 N–H and O–H groups in total. The van der Waals surface area contributed by atoms with Crippen molar-refractivity contribution in [2.24, 2.45) is 0 Å². The maximum atomic E-state index is 10.9. The summed E-state index contributed by atoms with van der Waals surface area (Å²) in [5.74, 6) is 0. The Labute approximate surface area is 146 Å². The van der Waals surface area contributed by atoms with Crippen LogP contribution in [0.1, 0.15) is 29.7 Å². The summed E-state index contributed by atoms with van der Waals surface area (Å²) in [7, 11) is 0. The van der Waals surface area contributed by atoms with Crippen LogP contribution < -0.4 is 0 Å². The molecule has 7 nitrogen and oxygen atoms in total. The van der Waals surface area contributed by atoms with Gasteiger partial charge in [0.2, 0.25) is 0 Å². The second kappa shape index (κ2) is 6.42. The lowest BCUT2D eigenvalue weighted by Gasteiger charge is -2.38. The number of aromatic amines is 1. The highest BCUT2D eigenvalue weighted by Crippen LogP contribution is 2.30. The van der Waals surface area contributed by atoms with Gasteiger partial charge in [-0.2, -0.15) is 15.4 Å². The Morgan fingerprint density at radius 1 is 1.36 bits per heavy atom. The van der Waals surface area contributed by atoms with Gasteiger partial charge in [0.15, 0.2) is 0 Å². The van der Waals surface area contributed by atoms with E-state index in [1.165, 1.54) is 11.1 Å². The van der Waals surface area contributed by atoms with Crippen molar-refractivity contribution in [1.82, 2.24) is 29.9 Å². The predicted octanol–water partition coefficient (Wildman–Crippen LogP) is 1.78. The first-order valence-electron chi connectivity index (χ1n) is 8.53. The Morgan fingerprint density at radius 3 is 3.00 bits per heavy atom. The number of aliphatic hydroxyl groups is 1. The number of β-amino-alcohol motifs (C(OH)–C–C–N with tert-alkyl or cyclic N) is 1. The zero-order valence-corrected chi connectivity index (χ0v) is 14.3. The molecule has 0 spiro atoms. The van der Waals surface area contributed by atoms with E-state index < -0.39 is 5.60 Å². The van der Waals surface area contributed by atoms with Crippen molar-refractivity contribution < 1.29 is 5.11 Å². The normalized spacial score (nSPS) is 21.5. The van der Waals surface area contributed by atoms with Crippen molar-refractivity contribution in [3.8, 4) is 5.69 Å². The molecule has 1 atom stereocenters. The van der Waals surface area contributed by atoms with Crippen LogP contribution in [0.2, 0.25) is 0 Å². The van der Waals surface area contributed by atoms with E-state index in [1.54, 1.807) is 18.7 Å². The number of benzene rings is 1. The van der Waals surface area contributed by atoms with Gasteiger partial charge in [-0.15, -0.1) is 0 Å². The van der Waals surface area contributed by atoms with Crippen LogP contribution in [-0.4, -0.2) is 48.1 Å². The number of likely N-dealkylation sites (tertiary alicyclic amines) is 1. The Kier molecular flexibility index (Phi) is 4.10. The van der Waals surface area contributed by atoms with Gasteiger partial charge in [-0.3, -0.25) is 4.90 Å². The van der Waals surface area contributed by atoms with Gasteiger partial charge in [0, 0.05) is 31.2 Å². The van der Waals surface area contributed by atoms with Crippen molar-refractivity contribution >= 4 is 0 Å². The maximum absolute atomic E-state index is 10.9. The number of H-pyrrole nitrogens is 1. The third-order valence-corrected chi connectivity index (χ3v) is 4.96. The molecule has 2 aromatic heterocycles. The summed E-state index contributed by atoms with van der Waals surface area (Å²) in [6.07, 6.45) is 8.80. The zero-order valence-electron chi connectivity index (χ0n) is 14.3. The smallest absolute Gasteiger partial charge is 0.123 e. The second-order valence-electron chi connectivity index (χ2n) is 6.78. The average Bonchev–Trinajstić information content (AvgIpc) is 3.31. The molecule has 0 aliphatic carbocycles. The van der Waals surface area contributed by atoms with E-state index in [4.69, 9.17) is 0 Å². The standard InChI is InChI=1S/C18H22N6O/c1-14-9-16(24-8-6-19-13-24)4-3-15(14)11-23-7-2-5-18(25,12-23)17-10-20-22-21-17/h3-4,6,8-10,13,25H,2,5,7,11-12H2,1H3,(H,20,21,22).